The minimum Gasteiger partial charge on any atom is -0.396 e. The van der Waals surface area contributed by atoms with E-state index in [1.165, 1.54) is 0 Å². The number of hydrogen-bond acceptors (Lipinski definition) is 2. The van der Waals surface area contributed by atoms with Crippen LogP contribution in [0.3, 0.4) is 0 Å². The molecule has 0 spiro atoms. The van der Waals surface area contributed by atoms with Crippen molar-refractivity contribution in [1.29, 1.82) is 0 Å². The second-order valence-electron chi connectivity index (χ2n) is 2.88. The SMILES string of the molecule is BC(C(C)N)C(C)CO. The van der Waals surface area contributed by atoms with Crippen molar-refractivity contribution in [2.75, 3.05) is 6.61 Å². The molecular formula is C6H16BNO. The second kappa shape index (κ2) is 3.91. The third-order valence-corrected chi connectivity index (χ3v) is 2.01. The Kier molecular flexibility index (Phi) is 3.90. The Morgan fingerprint density at radius 3 is 2.11 bits per heavy atom. The smallest absolute Gasteiger partial charge is 0.107 e. The molecular weight excluding hydrogens is 113 g/mol. The van der Waals surface area contributed by atoms with Gasteiger partial charge in [-0.25, -0.2) is 0 Å². The summed E-state index contributed by atoms with van der Waals surface area (Å²) in [5, 5.41) is 8.70. The Morgan fingerprint density at radius 1 is 1.56 bits per heavy atom. The molecule has 0 saturated heterocycles. The van der Waals surface area contributed by atoms with E-state index in [4.69, 9.17) is 10.8 Å². The van der Waals surface area contributed by atoms with Gasteiger partial charge in [-0.1, -0.05) is 19.7 Å². The van der Waals surface area contributed by atoms with E-state index in [0.717, 1.165) is 0 Å². The summed E-state index contributed by atoms with van der Waals surface area (Å²) in [6.45, 7) is 4.22. The van der Waals surface area contributed by atoms with Crippen molar-refractivity contribution < 1.29 is 5.11 Å². The highest BCUT2D eigenvalue weighted by Gasteiger charge is 2.14. The normalized spacial score (nSPS) is 20.9. The predicted octanol–water partition coefficient (Wildman–Crippen LogP) is -0.616. The zero-order valence-electron chi connectivity index (χ0n) is 6.46. The molecule has 2 nitrogen and oxygen atoms in total. The van der Waals surface area contributed by atoms with Crippen LogP contribution in [0.5, 0.6) is 0 Å². The van der Waals surface area contributed by atoms with Gasteiger partial charge in [0.05, 0.1) is 0 Å². The van der Waals surface area contributed by atoms with Crippen molar-refractivity contribution in [1.82, 2.24) is 0 Å². The van der Waals surface area contributed by atoms with Gasteiger partial charge in [0.2, 0.25) is 0 Å². The van der Waals surface area contributed by atoms with Gasteiger partial charge < -0.3 is 10.8 Å². The molecule has 0 aromatic rings. The maximum atomic E-state index is 8.70. The lowest BCUT2D eigenvalue weighted by molar-refractivity contribution is 0.225. The van der Waals surface area contributed by atoms with Crippen molar-refractivity contribution in [3.05, 3.63) is 0 Å². The van der Waals surface area contributed by atoms with Gasteiger partial charge in [-0.05, 0) is 12.0 Å². The van der Waals surface area contributed by atoms with Crippen LogP contribution in [0.25, 0.3) is 0 Å². The summed E-state index contributed by atoms with van der Waals surface area (Å²) in [6, 6.07) is 0.187. The molecule has 0 aliphatic rings. The van der Waals surface area contributed by atoms with Crippen LogP contribution in [0.2, 0.25) is 5.82 Å². The Bertz CT molecular complexity index is 77.5. The molecule has 3 N–H and O–H groups in total. The lowest BCUT2D eigenvalue weighted by atomic mass is 9.73. The van der Waals surface area contributed by atoms with E-state index >= 15 is 0 Å². The highest BCUT2D eigenvalue weighted by molar-refractivity contribution is 6.12. The summed E-state index contributed by atoms with van der Waals surface area (Å²) in [5.41, 5.74) is 5.60. The fourth-order valence-electron chi connectivity index (χ4n) is 0.684. The standard InChI is InChI=1S/C6H16BNO/c1-4(3-9)6(7)5(2)8/h4-6,9H,3,7-8H2,1-2H3. The quantitative estimate of drug-likeness (QED) is 0.499. The van der Waals surface area contributed by atoms with Gasteiger partial charge >= 0.3 is 0 Å². The number of hydrogen-bond donors (Lipinski definition) is 2. The Labute approximate surface area is 57.8 Å². The van der Waals surface area contributed by atoms with Gasteiger partial charge in [0, 0.05) is 6.61 Å². The van der Waals surface area contributed by atoms with Crippen LogP contribution in [0.4, 0.5) is 0 Å². The van der Waals surface area contributed by atoms with Crippen LogP contribution < -0.4 is 5.73 Å². The number of nitrogens with two attached hydrogens (primary N) is 1. The van der Waals surface area contributed by atoms with E-state index < -0.39 is 0 Å². The molecule has 54 valence electrons. The van der Waals surface area contributed by atoms with E-state index in [0.29, 0.717) is 11.7 Å². The number of aliphatic hydroxyl groups is 1. The van der Waals surface area contributed by atoms with Crippen LogP contribution in [-0.4, -0.2) is 25.6 Å². The van der Waals surface area contributed by atoms with Gasteiger partial charge in [0.25, 0.3) is 0 Å². The molecule has 0 radical (unpaired) electrons. The molecule has 0 aliphatic heterocycles. The average molecular weight is 129 g/mol. The van der Waals surface area contributed by atoms with Crippen LogP contribution >= 0.6 is 0 Å². The molecule has 0 aromatic heterocycles. The van der Waals surface area contributed by atoms with Crippen LogP contribution in [-0.2, 0) is 0 Å². The fraction of sp³-hybridized carbons (Fsp3) is 1.00. The fourth-order valence-corrected chi connectivity index (χ4v) is 0.684. The maximum Gasteiger partial charge on any atom is 0.107 e. The summed E-state index contributed by atoms with van der Waals surface area (Å²) in [6.07, 6.45) is 0. The summed E-state index contributed by atoms with van der Waals surface area (Å²) in [7, 11) is 2.06. The Balaban J connectivity index is 3.58. The first-order valence-electron chi connectivity index (χ1n) is 3.46. The molecule has 0 rings (SSSR count). The van der Waals surface area contributed by atoms with Crippen LogP contribution in [0.1, 0.15) is 13.8 Å². The first kappa shape index (κ1) is 8.98. The maximum absolute atomic E-state index is 8.70. The highest BCUT2D eigenvalue weighted by atomic mass is 16.3. The summed E-state index contributed by atoms with van der Waals surface area (Å²) < 4.78 is 0. The lowest BCUT2D eigenvalue weighted by Crippen LogP contribution is -2.28. The van der Waals surface area contributed by atoms with E-state index in [9.17, 15) is 0 Å². The monoisotopic (exact) mass is 129 g/mol. The average Bonchev–Trinajstić information content (AvgIpc) is 1.84. The molecule has 3 heteroatoms. The van der Waals surface area contributed by atoms with E-state index in [-0.39, 0.29) is 12.6 Å². The largest absolute Gasteiger partial charge is 0.396 e. The first-order valence-corrected chi connectivity index (χ1v) is 3.46. The minimum atomic E-state index is 0.187. The second-order valence-corrected chi connectivity index (χ2v) is 2.88. The van der Waals surface area contributed by atoms with Crippen molar-refractivity contribution >= 4 is 7.85 Å². The van der Waals surface area contributed by atoms with Gasteiger partial charge in [-0.2, -0.15) is 0 Å². The predicted molar refractivity (Wildman–Crippen MR) is 42.2 cm³/mol. The number of rotatable bonds is 3. The molecule has 3 atom stereocenters. The van der Waals surface area contributed by atoms with E-state index in [1.54, 1.807) is 0 Å². The first-order chi connectivity index (χ1) is 4.09. The molecule has 9 heavy (non-hydrogen) atoms. The summed E-state index contributed by atoms with van der Waals surface area (Å²) >= 11 is 0. The third-order valence-electron chi connectivity index (χ3n) is 2.01. The Morgan fingerprint density at radius 2 is 2.00 bits per heavy atom. The van der Waals surface area contributed by atoms with Crippen LogP contribution in [0, 0.1) is 5.92 Å². The zero-order valence-corrected chi connectivity index (χ0v) is 6.46. The van der Waals surface area contributed by atoms with Crippen LogP contribution in [0.15, 0.2) is 0 Å². The topological polar surface area (TPSA) is 46.2 Å². The van der Waals surface area contributed by atoms with Crippen molar-refractivity contribution in [2.24, 2.45) is 11.7 Å². The van der Waals surface area contributed by atoms with Gasteiger partial charge in [-0.3, -0.25) is 0 Å². The Hall–Kier alpha value is -0.0151. The van der Waals surface area contributed by atoms with Crippen molar-refractivity contribution in [3.8, 4) is 0 Å². The molecule has 0 bridgehead atoms. The zero-order chi connectivity index (χ0) is 7.44. The van der Waals surface area contributed by atoms with Gasteiger partial charge in [-0.15, -0.1) is 0 Å². The van der Waals surface area contributed by atoms with E-state index in [1.807, 2.05) is 13.8 Å². The molecule has 3 unspecified atom stereocenters. The van der Waals surface area contributed by atoms with E-state index in [2.05, 4.69) is 7.85 Å². The summed E-state index contributed by atoms with van der Waals surface area (Å²) in [4.78, 5) is 0. The molecule has 0 fully saturated rings. The van der Waals surface area contributed by atoms with Crippen molar-refractivity contribution in [2.45, 2.75) is 25.7 Å². The molecule has 0 aliphatic carbocycles. The number of aliphatic hydroxyl groups excluding tert-OH is 1. The third kappa shape index (κ3) is 2.87. The molecule has 0 saturated carbocycles. The lowest BCUT2D eigenvalue weighted by Gasteiger charge is -2.20. The molecule has 0 heterocycles. The summed E-state index contributed by atoms with van der Waals surface area (Å²) in [5.74, 6) is 0.736. The van der Waals surface area contributed by atoms with Gasteiger partial charge in [0.1, 0.15) is 7.85 Å². The molecule has 0 aromatic carbocycles. The highest BCUT2D eigenvalue weighted by Crippen LogP contribution is 2.15. The van der Waals surface area contributed by atoms with Crippen molar-refractivity contribution in [3.63, 3.8) is 0 Å². The minimum absolute atomic E-state index is 0.187. The van der Waals surface area contributed by atoms with Gasteiger partial charge in [0.15, 0.2) is 0 Å². The molecule has 0 amide bonds.